The molecule has 1 aromatic carbocycles. The van der Waals surface area contributed by atoms with E-state index in [1.165, 1.54) is 0 Å². The third-order valence-electron chi connectivity index (χ3n) is 3.06. The minimum Gasteiger partial charge on any atom is -0.491 e. The Morgan fingerprint density at radius 2 is 1.76 bits per heavy atom. The maximum atomic E-state index is 12.0. The summed E-state index contributed by atoms with van der Waals surface area (Å²) in [5.74, 6) is -0.880. The average molecular weight is 290 g/mol. The summed E-state index contributed by atoms with van der Waals surface area (Å²) in [4.78, 5) is 37.4. The molecule has 0 aromatic heterocycles. The van der Waals surface area contributed by atoms with E-state index in [-0.39, 0.29) is 19.2 Å². The van der Waals surface area contributed by atoms with Gasteiger partial charge in [-0.1, -0.05) is 12.1 Å². The second-order valence-corrected chi connectivity index (χ2v) is 5.04. The zero-order chi connectivity index (χ0) is 15.6. The molecule has 0 saturated carbocycles. The molecule has 2 rings (SSSR count). The number of hydrogen-bond acceptors (Lipinski definition) is 4. The Morgan fingerprint density at radius 1 is 1.10 bits per heavy atom. The first-order chi connectivity index (χ1) is 9.93. The van der Waals surface area contributed by atoms with Crippen molar-refractivity contribution in [2.24, 2.45) is 0 Å². The van der Waals surface area contributed by atoms with Crippen LogP contribution >= 0.6 is 0 Å². The first-order valence-electron chi connectivity index (χ1n) is 6.87. The molecule has 1 aliphatic rings. The van der Waals surface area contributed by atoms with Crippen LogP contribution in [-0.2, 0) is 16.1 Å². The van der Waals surface area contributed by atoms with Crippen LogP contribution in [-0.4, -0.2) is 40.3 Å². The predicted molar refractivity (Wildman–Crippen MR) is 75.5 cm³/mol. The van der Waals surface area contributed by atoms with E-state index in [0.29, 0.717) is 5.75 Å². The lowest BCUT2D eigenvalue weighted by Crippen LogP contribution is -2.32. The SMILES string of the molecule is CCN1C(=O)C(=O)N(Cc2cccc(OC(C)C)c2)C1=O. The van der Waals surface area contributed by atoms with Crippen LogP contribution in [0.1, 0.15) is 26.3 Å². The molecule has 112 valence electrons. The zero-order valence-corrected chi connectivity index (χ0v) is 12.3. The van der Waals surface area contributed by atoms with Crippen LogP contribution in [0.4, 0.5) is 4.79 Å². The topological polar surface area (TPSA) is 66.9 Å². The zero-order valence-electron chi connectivity index (χ0n) is 12.3. The van der Waals surface area contributed by atoms with Crippen LogP contribution < -0.4 is 4.74 Å². The maximum Gasteiger partial charge on any atom is 0.334 e. The fourth-order valence-corrected chi connectivity index (χ4v) is 2.14. The molecular weight excluding hydrogens is 272 g/mol. The largest absolute Gasteiger partial charge is 0.491 e. The van der Waals surface area contributed by atoms with Gasteiger partial charge < -0.3 is 4.74 Å². The van der Waals surface area contributed by atoms with Crippen molar-refractivity contribution < 1.29 is 19.1 Å². The fourth-order valence-electron chi connectivity index (χ4n) is 2.14. The molecule has 0 bridgehead atoms. The smallest absolute Gasteiger partial charge is 0.334 e. The van der Waals surface area contributed by atoms with Gasteiger partial charge in [0.15, 0.2) is 0 Å². The van der Waals surface area contributed by atoms with Gasteiger partial charge in [-0.15, -0.1) is 0 Å². The van der Waals surface area contributed by atoms with Gasteiger partial charge in [-0.25, -0.2) is 4.79 Å². The van der Waals surface area contributed by atoms with E-state index in [1.807, 2.05) is 13.8 Å². The van der Waals surface area contributed by atoms with Crippen molar-refractivity contribution in [2.45, 2.75) is 33.4 Å². The molecule has 0 N–H and O–H groups in total. The Balaban J connectivity index is 2.16. The van der Waals surface area contributed by atoms with Crippen LogP contribution in [0.25, 0.3) is 0 Å². The number of urea groups is 1. The number of amides is 4. The summed E-state index contributed by atoms with van der Waals surface area (Å²) >= 11 is 0. The van der Waals surface area contributed by atoms with E-state index in [9.17, 15) is 14.4 Å². The van der Waals surface area contributed by atoms with Crippen molar-refractivity contribution in [2.75, 3.05) is 6.54 Å². The third kappa shape index (κ3) is 3.04. The molecule has 1 saturated heterocycles. The van der Waals surface area contributed by atoms with Crippen molar-refractivity contribution in [1.29, 1.82) is 0 Å². The van der Waals surface area contributed by atoms with E-state index in [4.69, 9.17) is 4.74 Å². The second-order valence-electron chi connectivity index (χ2n) is 5.04. The van der Waals surface area contributed by atoms with E-state index in [2.05, 4.69) is 0 Å². The highest BCUT2D eigenvalue weighted by atomic mass is 16.5. The first-order valence-corrected chi connectivity index (χ1v) is 6.87. The summed E-state index contributed by atoms with van der Waals surface area (Å²) in [5.41, 5.74) is 0.737. The van der Waals surface area contributed by atoms with Crippen molar-refractivity contribution >= 4 is 17.8 Å². The van der Waals surface area contributed by atoms with Gasteiger partial charge in [-0.2, -0.15) is 0 Å². The fraction of sp³-hybridized carbons (Fsp3) is 0.400. The minimum absolute atomic E-state index is 0.0347. The van der Waals surface area contributed by atoms with E-state index >= 15 is 0 Å². The molecule has 6 heteroatoms. The normalized spacial score (nSPS) is 15.3. The van der Waals surface area contributed by atoms with Gasteiger partial charge in [-0.3, -0.25) is 19.4 Å². The summed E-state index contributed by atoms with van der Waals surface area (Å²) in [5, 5.41) is 0. The molecule has 0 radical (unpaired) electrons. The monoisotopic (exact) mass is 290 g/mol. The van der Waals surface area contributed by atoms with Crippen molar-refractivity contribution in [3.63, 3.8) is 0 Å². The maximum absolute atomic E-state index is 12.0. The van der Waals surface area contributed by atoms with Gasteiger partial charge in [0.25, 0.3) is 0 Å². The number of ether oxygens (including phenoxy) is 1. The summed E-state index contributed by atoms with van der Waals surface area (Å²) < 4.78 is 5.57. The molecule has 1 heterocycles. The Hall–Kier alpha value is -2.37. The van der Waals surface area contributed by atoms with Gasteiger partial charge >= 0.3 is 17.8 Å². The molecule has 6 nitrogen and oxygen atoms in total. The third-order valence-corrected chi connectivity index (χ3v) is 3.06. The highest BCUT2D eigenvalue weighted by Crippen LogP contribution is 2.19. The van der Waals surface area contributed by atoms with Crippen LogP contribution in [0.3, 0.4) is 0 Å². The lowest BCUT2D eigenvalue weighted by atomic mass is 10.2. The minimum atomic E-state index is -0.781. The molecule has 1 aliphatic heterocycles. The van der Waals surface area contributed by atoms with E-state index in [0.717, 1.165) is 15.4 Å². The molecule has 21 heavy (non-hydrogen) atoms. The summed E-state index contributed by atoms with van der Waals surface area (Å²) in [6.07, 6.45) is 0.0347. The standard InChI is InChI=1S/C15H18N2O4/c1-4-16-13(18)14(19)17(15(16)20)9-11-6-5-7-12(8-11)21-10(2)3/h5-8,10H,4,9H2,1-3H3. The Kier molecular flexibility index (Phi) is 4.26. The number of rotatable bonds is 5. The molecule has 0 aliphatic carbocycles. The number of nitrogens with zero attached hydrogens (tertiary/aromatic N) is 2. The molecular formula is C15H18N2O4. The van der Waals surface area contributed by atoms with E-state index < -0.39 is 17.8 Å². The lowest BCUT2D eigenvalue weighted by molar-refractivity contribution is -0.143. The quantitative estimate of drug-likeness (QED) is 0.612. The highest BCUT2D eigenvalue weighted by Gasteiger charge is 2.43. The average Bonchev–Trinajstić information content (AvgIpc) is 2.62. The van der Waals surface area contributed by atoms with Gasteiger partial charge in [-0.05, 0) is 38.5 Å². The Labute approximate surface area is 123 Å². The first kappa shape index (κ1) is 15.0. The highest BCUT2D eigenvalue weighted by molar-refractivity contribution is 6.44. The molecule has 1 aromatic rings. The van der Waals surface area contributed by atoms with Crippen LogP contribution in [0.5, 0.6) is 5.75 Å². The van der Waals surface area contributed by atoms with Gasteiger partial charge in [0.1, 0.15) is 5.75 Å². The van der Waals surface area contributed by atoms with Crippen LogP contribution in [0.2, 0.25) is 0 Å². The van der Waals surface area contributed by atoms with Crippen molar-refractivity contribution in [1.82, 2.24) is 9.80 Å². The lowest BCUT2D eigenvalue weighted by Gasteiger charge is -2.15. The number of carbonyl (C=O) groups is 3. The van der Waals surface area contributed by atoms with Gasteiger partial charge in [0.2, 0.25) is 0 Å². The summed E-state index contributed by atoms with van der Waals surface area (Å²) in [6.45, 7) is 5.74. The predicted octanol–water partition coefficient (Wildman–Crippen LogP) is 1.78. The van der Waals surface area contributed by atoms with Crippen molar-refractivity contribution in [3.8, 4) is 5.75 Å². The van der Waals surface area contributed by atoms with E-state index in [1.54, 1.807) is 31.2 Å². The molecule has 0 atom stereocenters. The Morgan fingerprint density at radius 3 is 2.33 bits per heavy atom. The molecule has 4 amide bonds. The number of benzene rings is 1. The molecule has 0 spiro atoms. The van der Waals surface area contributed by atoms with Gasteiger partial charge in [0, 0.05) is 6.54 Å². The second kappa shape index (κ2) is 5.95. The van der Waals surface area contributed by atoms with Crippen LogP contribution in [0.15, 0.2) is 24.3 Å². The Bertz CT molecular complexity index is 583. The number of hydrogen-bond donors (Lipinski definition) is 0. The van der Waals surface area contributed by atoms with Crippen LogP contribution in [0, 0.1) is 0 Å². The van der Waals surface area contributed by atoms with Gasteiger partial charge in [0.05, 0.1) is 12.6 Å². The summed E-state index contributed by atoms with van der Waals surface area (Å²) in [7, 11) is 0. The number of likely N-dealkylation sites (N-methyl/N-ethyl adjacent to an activating group) is 1. The summed E-state index contributed by atoms with van der Waals surface area (Å²) in [6, 6.07) is 6.58. The number of carbonyl (C=O) groups excluding carboxylic acids is 3. The molecule has 0 unspecified atom stereocenters. The molecule has 1 fully saturated rings. The number of imide groups is 2. The van der Waals surface area contributed by atoms with Crippen molar-refractivity contribution in [3.05, 3.63) is 29.8 Å².